The fraction of sp³-hybridized carbons (Fsp3) is 0.273. The van der Waals surface area contributed by atoms with E-state index in [9.17, 15) is 4.79 Å². The van der Waals surface area contributed by atoms with Crippen molar-refractivity contribution in [1.82, 2.24) is 20.8 Å². The minimum Gasteiger partial charge on any atom is -0.369 e. The second-order valence-electron chi connectivity index (χ2n) is 6.98. The van der Waals surface area contributed by atoms with Crippen molar-refractivity contribution in [3.63, 3.8) is 0 Å². The molecule has 28 heavy (non-hydrogen) atoms. The molecule has 4 rings (SSSR count). The molecule has 1 aromatic heterocycles. The Morgan fingerprint density at radius 2 is 1.86 bits per heavy atom. The number of aromatic amines is 1. The third-order valence-electron chi connectivity index (χ3n) is 5.04. The average Bonchev–Trinajstić information content (AvgIpc) is 3.28. The Morgan fingerprint density at radius 3 is 2.64 bits per heavy atom. The SMILES string of the molecule is O=C(NCCc1cn[nH]c1)c1cccc(-c2cccc(N3CCNCC3)c2)c1. The van der Waals surface area contributed by atoms with Crippen LogP contribution in [0.25, 0.3) is 11.1 Å². The van der Waals surface area contributed by atoms with E-state index in [0.717, 1.165) is 49.3 Å². The first kappa shape index (κ1) is 18.3. The van der Waals surface area contributed by atoms with Crippen molar-refractivity contribution in [2.75, 3.05) is 37.6 Å². The molecule has 144 valence electrons. The molecule has 1 saturated heterocycles. The summed E-state index contributed by atoms with van der Waals surface area (Å²) in [5.41, 5.74) is 5.17. The molecule has 0 saturated carbocycles. The molecule has 0 atom stereocenters. The first-order chi connectivity index (χ1) is 13.8. The highest BCUT2D eigenvalue weighted by molar-refractivity contribution is 5.95. The number of hydrogen-bond donors (Lipinski definition) is 3. The van der Waals surface area contributed by atoms with Gasteiger partial charge in [-0.1, -0.05) is 24.3 Å². The standard InChI is InChI=1S/C22H25N5O/c28-22(24-8-7-17-15-25-26-16-17)20-5-1-3-18(13-20)19-4-2-6-21(14-19)27-11-9-23-10-12-27/h1-6,13-16,23H,7-12H2,(H,24,28)(H,25,26). The van der Waals surface area contributed by atoms with E-state index in [-0.39, 0.29) is 5.91 Å². The molecule has 0 radical (unpaired) electrons. The molecule has 1 amide bonds. The zero-order chi connectivity index (χ0) is 19.2. The van der Waals surface area contributed by atoms with Gasteiger partial charge in [-0.05, 0) is 47.4 Å². The number of anilines is 1. The Labute approximate surface area is 165 Å². The van der Waals surface area contributed by atoms with Crippen LogP contribution in [0.5, 0.6) is 0 Å². The van der Waals surface area contributed by atoms with Gasteiger partial charge in [0.2, 0.25) is 0 Å². The molecular weight excluding hydrogens is 350 g/mol. The smallest absolute Gasteiger partial charge is 0.251 e. The maximum atomic E-state index is 12.5. The highest BCUT2D eigenvalue weighted by Crippen LogP contribution is 2.25. The maximum Gasteiger partial charge on any atom is 0.251 e. The normalized spacial score (nSPS) is 14.1. The van der Waals surface area contributed by atoms with E-state index >= 15 is 0 Å². The summed E-state index contributed by atoms with van der Waals surface area (Å²) in [6.45, 7) is 4.64. The van der Waals surface area contributed by atoms with Gasteiger partial charge < -0.3 is 15.5 Å². The lowest BCUT2D eigenvalue weighted by Crippen LogP contribution is -2.43. The van der Waals surface area contributed by atoms with Crippen LogP contribution in [0, 0.1) is 0 Å². The lowest BCUT2D eigenvalue weighted by molar-refractivity contribution is 0.0954. The van der Waals surface area contributed by atoms with Crippen LogP contribution in [-0.4, -0.2) is 48.8 Å². The van der Waals surface area contributed by atoms with Gasteiger partial charge in [0.15, 0.2) is 0 Å². The number of aromatic nitrogens is 2. The van der Waals surface area contributed by atoms with Crippen molar-refractivity contribution in [2.24, 2.45) is 0 Å². The van der Waals surface area contributed by atoms with Gasteiger partial charge in [-0.3, -0.25) is 9.89 Å². The molecule has 3 aromatic rings. The third kappa shape index (κ3) is 4.40. The summed E-state index contributed by atoms with van der Waals surface area (Å²) in [4.78, 5) is 14.9. The fourth-order valence-electron chi connectivity index (χ4n) is 3.48. The maximum absolute atomic E-state index is 12.5. The molecule has 3 N–H and O–H groups in total. The molecule has 0 spiro atoms. The number of amides is 1. The zero-order valence-corrected chi connectivity index (χ0v) is 15.8. The van der Waals surface area contributed by atoms with Crippen molar-refractivity contribution in [3.8, 4) is 11.1 Å². The number of piperazine rings is 1. The van der Waals surface area contributed by atoms with Gasteiger partial charge in [0.25, 0.3) is 5.91 Å². The monoisotopic (exact) mass is 375 g/mol. The minimum atomic E-state index is -0.0522. The number of nitrogens with zero attached hydrogens (tertiary/aromatic N) is 2. The lowest BCUT2D eigenvalue weighted by atomic mass is 10.0. The predicted molar refractivity (Wildman–Crippen MR) is 112 cm³/mol. The molecule has 0 bridgehead atoms. The van der Waals surface area contributed by atoms with Gasteiger partial charge in [0.1, 0.15) is 0 Å². The summed E-state index contributed by atoms with van der Waals surface area (Å²) >= 11 is 0. The van der Waals surface area contributed by atoms with Crippen molar-refractivity contribution in [1.29, 1.82) is 0 Å². The van der Waals surface area contributed by atoms with Gasteiger partial charge in [0.05, 0.1) is 6.20 Å². The molecule has 1 aliphatic heterocycles. The van der Waals surface area contributed by atoms with Crippen molar-refractivity contribution < 1.29 is 4.79 Å². The van der Waals surface area contributed by atoms with Crippen LogP contribution in [0.3, 0.4) is 0 Å². The van der Waals surface area contributed by atoms with E-state index in [2.05, 4.69) is 56.1 Å². The van der Waals surface area contributed by atoms with Gasteiger partial charge in [-0.2, -0.15) is 5.10 Å². The summed E-state index contributed by atoms with van der Waals surface area (Å²) in [5, 5.41) is 13.1. The number of carbonyl (C=O) groups excluding carboxylic acids is 1. The highest BCUT2D eigenvalue weighted by atomic mass is 16.1. The molecule has 6 nitrogen and oxygen atoms in total. The van der Waals surface area contributed by atoms with Gasteiger partial charge in [-0.15, -0.1) is 0 Å². The molecule has 2 heterocycles. The van der Waals surface area contributed by atoms with E-state index in [1.165, 1.54) is 5.69 Å². The van der Waals surface area contributed by atoms with Crippen LogP contribution in [0.1, 0.15) is 15.9 Å². The van der Waals surface area contributed by atoms with Gasteiger partial charge in [0, 0.05) is 50.2 Å². The van der Waals surface area contributed by atoms with Crippen LogP contribution in [0.4, 0.5) is 5.69 Å². The van der Waals surface area contributed by atoms with E-state index < -0.39 is 0 Å². The van der Waals surface area contributed by atoms with E-state index in [4.69, 9.17) is 0 Å². The molecule has 1 aliphatic rings. The number of rotatable bonds is 6. The third-order valence-corrected chi connectivity index (χ3v) is 5.04. The zero-order valence-electron chi connectivity index (χ0n) is 15.8. The van der Waals surface area contributed by atoms with E-state index in [1.54, 1.807) is 6.20 Å². The molecule has 0 aliphatic carbocycles. The Morgan fingerprint density at radius 1 is 1.07 bits per heavy atom. The van der Waals surface area contributed by atoms with Crippen LogP contribution < -0.4 is 15.5 Å². The highest BCUT2D eigenvalue weighted by Gasteiger charge is 2.12. The molecule has 2 aromatic carbocycles. The number of carbonyl (C=O) groups is 1. The lowest BCUT2D eigenvalue weighted by Gasteiger charge is -2.29. The molecule has 6 heteroatoms. The van der Waals surface area contributed by atoms with Crippen LogP contribution >= 0.6 is 0 Å². The van der Waals surface area contributed by atoms with Crippen molar-refractivity contribution in [2.45, 2.75) is 6.42 Å². The fourth-order valence-corrected chi connectivity index (χ4v) is 3.48. The van der Waals surface area contributed by atoms with Crippen LogP contribution in [-0.2, 0) is 6.42 Å². The number of nitrogens with one attached hydrogen (secondary N) is 3. The molecule has 1 fully saturated rings. The van der Waals surface area contributed by atoms with E-state index in [1.807, 2.05) is 24.4 Å². The Bertz CT molecular complexity index is 916. The summed E-state index contributed by atoms with van der Waals surface area (Å²) in [5.74, 6) is -0.0522. The molecule has 0 unspecified atom stereocenters. The van der Waals surface area contributed by atoms with Gasteiger partial charge >= 0.3 is 0 Å². The quantitative estimate of drug-likeness (QED) is 0.619. The number of H-pyrrole nitrogens is 1. The summed E-state index contributed by atoms with van der Waals surface area (Å²) in [6.07, 6.45) is 4.38. The first-order valence-corrected chi connectivity index (χ1v) is 9.71. The topological polar surface area (TPSA) is 73.0 Å². The van der Waals surface area contributed by atoms with Crippen molar-refractivity contribution in [3.05, 3.63) is 72.1 Å². The van der Waals surface area contributed by atoms with E-state index in [0.29, 0.717) is 12.1 Å². The Hall–Kier alpha value is -3.12. The number of hydrogen-bond acceptors (Lipinski definition) is 4. The van der Waals surface area contributed by atoms with Crippen LogP contribution in [0.15, 0.2) is 60.9 Å². The van der Waals surface area contributed by atoms with Crippen LogP contribution in [0.2, 0.25) is 0 Å². The Kier molecular flexibility index (Phi) is 5.68. The Balaban J connectivity index is 1.45. The first-order valence-electron chi connectivity index (χ1n) is 9.71. The largest absolute Gasteiger partial charge is 0.369 e. The predicted octanol–water partition coefficient (Wildman–Crippen LogP) is 2.46. The molecular formula is C22H25N5O. The summed E-state index contributed by atoms with van der Waals surface area (Å²) in [7, 11) is 0. The summed E-state index contributed by atoms with van der Waals surface area (Å²) < 4.78 is 0. The van der Waals surface area contributed by atoms with Gasteiger partial charge in [-0.25, -0.2) is 0 Å². The minimum absolute atomic E-state index is 0.0522. The second kappa shape index (κ2) is 8.71. The van der Waals surface area contributed by atoms with Crippen molar-refractivity contribution >= 4 is 11.6 Å². The number of benzene rings is 2. The second-order valence-corrected chi connectivity index (χ2v) is 6.98. The average molecular weight is 375 g/mol. The summed E-state index contributed by atoms with van der Waals surface area (Å²) in [6, 6.07) is 16.4.